The number of rotatable bonds is 5. The molecule has 4 heteroatoms. The van der Waals surface area contributed by atoms with E-state index in [0.29, 0.717) is 0 Å². The molecule has 0 N–H and O–H groups in total. The average Bonchev–Trinajstić information content (AvgIpc) is 1.85. The Labute approximate surface area is 86.6 Å². The van der Waals surface area contributed by atoms with Crippen molar-refractivity contribution in [1.82, 2.24) is 0 Å². The number of hydrogen-bond donors (Lipinski definition) is 0. The van der Waals surface area contributed by atoms with Crippen molar-refractivity contribution in [3.8, 4) is 0 Å². The zero-order valence-corrected chi connectivity index (χ0v) is 14.6. The van der Waals surface area contributed by atoms with Crippen LogP contribution in [-0.2, 0) is 31.9 Å². The summed E-state index contributed by atoms with van der Waals surface area (Å²) in [4.78, 5) is 10.1. The van der Waals surface area contributed by atoms with Crippen LogP contribution >= 0.6 is 11.9 Å². The molecule has 0 fully saturated rings. The van der Waals surface area contributed by atoms with Crippen LogP contribution in [-0.4, -0.2) is 12.2 Å². The molecule has 0 unspecified atom stereocenters. The van der Waals surface area contributed by atoms with Gasteiger partial charge in [-0.1, -0.05) is 0 Å². The summed E-state index contributed by atoms with van der Waals surface area (Å²) in [5, 5.41) is 0. The van der Waals surface area contributed by atoms with Crippen LogP contribution in [0.2, 0.25) is 3.93 Å². The summed E-state index contributed by atoms with van der Waals surface area (Å²) in [6.07, 6.45) is 1.14. The van der Waals surface area contributed by atoms with Gasteiger partial charge < -0.3 is 0 Å². The Morgan fingerprint density at radius 3 is 2.45 bits per heavy atom. The van der Waals surface area contributed by atoms with Gasteiger partial charge in [0, 0.05) is 0 Å². The fraction of sp³-hybridized carbons (Fsp3) is 1.00. The molecular weight excluding hydrogens is 397 g/mol. The van der Waals surface area contributed by atoms with E-state index < -0.39 is 22.1 Å². The minimum absolute atomic E-state index is 0.168. The predicted octanol–water partition coefficient (Wildman–Crippen LogP) is 2.93. The predicted molar refractivity (Wildman–Crippen MR) is 45.1 cm³/mol. The normalized spacial score (nSPS) is 11.3. The first-order valence-electron chi connectivity index (χ1n) is 3.93. The van der Waals surface area contributed by atoms with Crippen LogP contribution in [0.3, 0.4) is 0 Å². The summed E-state index contributed by atoms with van der Waals surface area (Å²) in [7, 11) is 0. The number of halogens is 1. The molecule has 64 valence electrons. The molecule has 11 heavy (non-hydrogen) atoms. The summed E-state index contributed by atoms with van der Waals surface area (Å²) >= 11 is 2.99. The van der Waals surface area contributed by atoms with E-state index in [4.69, 9.17) is 9.78 Å². The van der Waals surface area contributed by atoms with Crippen LogP contribution in [0.15, 0.2) is 0 Å². The monoisotopic (exact) mass is 412 g/mol. The summed E-state index contributed by atoms with van der Waals surface area (Å²) in [6.45, 7) is 6.69. The van der Waals surface area contributed by atoms with E-state index in [2.05, 4.69) is 11.9 Å². The molecule has 0 aliphatic rings. The Morgan fingerprint density at radius 2 is 2.00 bits per heavy atom. The molecule has 0 spiro atoms. The molecule has 0 radical (unpaired) electrons. The third kappa shape index (κ3) is 11.3. The number of hydrogen-bond acceptors (Lipinski definition) is 2. The SMILES string of the molecule is CC(C)(C)OOCC[CH2][Hg][Br]. The Bertz CT molecular complexity index is 92.9. The van der Waals surface area contributed by atoms with E-state index in [1.807, 2.05) is 20.8 Å². The molecule has 2 nitrogen and oxygen atoms in total. The second-order valence-electron chi connectivity index (χ2n) is 3.41. The van der Waals surface area contributed by atoms with Crippen molar-refractivity contribution in [3.05, 3.63) is 0 Å². The standard InChI is InChI=1S/C7H15O2.BrH.Hg/c1-5-6-8-9-7(2,3)4;;/h1,5-6H2,2-4H3;1H;/q;;+1/p-1. The van der Waals surface area contributed by atoms with E-state index in [1.54, 1.807) is 0 Å². The van der Waals surface area contributed by atoms with Crippen molar-refractivity contribution >= 4 is 11.9 Å². The van der Waals surface area contributed by atoms with Gasteiger partial charge in [0.05, 0.1) is 0 Å². The molecule has 0 amide bonds. The third-order valence-corrected chi connectivity index (χ3v) is 8.82. The molecule has 0 bridgehead atoms. The van der Waals surface area contributed by atoms with E-state index in [9.17, 15) is 0 Å². The van der Waals surface area contributed by atoms with Gasteiger partial charge in [-0.05, 0) is 0 Å². The van der Waals surface area contributed by atoms with Crippen molar-refractivity contribution in [2.75, 3.05) is 6.61 Å². The van der Waals surface area contributed by atoms with Crippen LogP contribution in [0.25, 0.3) is 0 Å². The zero-order chi connectivity index (χ0) is 8.74. The molecule has 0 atom stereocenters. The van der Waals surface area contributed by atoms with Gasteiger partial charge in [0.2, 0.25) is 0 Å². The van der Waals surface area contributed by atoms with Crippen LogP contribution in [0.5, 0.6) is 0 Å². The molecule has 0 saturated carbocycles. The molecule has 0 saturated heterocycles. The fourth-order valence-corrected chi connectivity index (χ4v) is 5.48. The molecule has 0 aliphatic carbocycles. The summed E-state index contributed by atoms with van der Waals surface area (Å²) in [5.41, 5.74) is -0.168. The van der Waals surface area contributed by atoms with Crippen LogP contribution < -0.4 is 0 Å². The zero-order valence-electron chi connectivity index (χ0n) is 7.52. The molecule has 0 aliphatic heterocycles. The van der Waals surface area contributed by atoms with Crippen molar-refractivity contribution in [2.24, 2.45) is 0 Å². The van der Waals surface area contributed by atoms with Gasteiger partial charge >= 0.3 is 87.2 Å². The van der Waals surface area contributed by atoms with Gasteiger partial charge in [-0.15, -0.1) is 0 Å². The van der Waals surface area contributed by atoms with Gasteiger partial charge in [-0.3, -0.25) is 0 Å². The van der Waals surface area contributed by atoms with E-state index in [1.165, 1.54) is 3.93 Å². The fourth-order valence-electron chi connectivity index (χ4n) is 0.474. The van der Waals surface area contributed by atoms with Crippen molar-refractivity contribution < 1.29 is 31.9 Å². The Kier molecular flexibility index (Phi) is 7.63. The topological polar surface area (TPSA) is 18.5 Å². The molecule has 0 heterocycles. The van der Waals surface area contributed by atoms with Crippen molar-refractivity contribution in [3.63, 3.8) is 0 Å². The van der Waals surface area contributed by atoms with Gasteiger partial charge in [0.1, 0.15) is 0 Å². The Hall–Kier alpha value is 1.34. The molecular formula is C7H15BrHgO2. The first kappa shape index (κ1) is 12.3. The van der Waals surface area contributed by atoms with E-state index >= 15 is 0 Å². The van der Waals surface area contributed by atoms with Crippen molar-refractivity contribution in [1.29, 1.82) is 0 Å². The first-order valence-corrected chi connectivity index (χ1v) is 19.7. The summed E-state index contributed by atoms with van der Waals surface area (Å²) in [5.74, 6) is 0. The Morgan fingerprint density at radius 1 is 1.36 bits per heavy atom. The van der Waals surface area contributed by atoms with Crippen LogP contribution in [0.4, 0.5) is 0 Å². The van der Waals surface area contributed by atoms with E-state index in [-0.39, 0.29) is 5.60 Å². The van der Waals surface area contributed by atoms with Gasteiger partial charge in [0.15, 0.2) is 0 Å². The maximum atomic E-state index is 5.09. The molecule has 0 rings (SSSR count). The summed E-state index contributed by atoms with van der Waals surface area (Å²) < 4.78 is 1.35. The summed E-state index contributed by atoms with van der Waals surface area (Å²) in [6, 6.07) is 0. The van der Waals surface area contributed by atoms with Crippen LogP contribution in [0, 0.1) is 0 Å². The molecule has 0 aromatic heterocycles. The maximum absolute atomic E-state index is 5.09. The quantitative estimate of drug-likeness (QED) is 0.300. The second kappa shape index (κ2) is 6.81. The molecule has 0 aromatic carbocycles. The van der Waals surface area contributed by atoms with Gasteiger partial charge in [-0.2, -0.15) is 0 Å². The second-order valence-corrected chi connectivity index (χ2v) is 14.6. The average molecular weight is 412 g/mol. The van der Waals surface area contributed by atoms with Crippen molar-refractivity contribution in [2.45, 2.75) is 36.7 Å². The van der Waals surface area contributed by atoms with Gasteiger partial charge in [-0.25, -0.2) is 0 Å². The minimum atomic E-state index is -0.574. The van der Waals surface area contributed by atoms with Gasteiger partial charge in [0.25, 0.3) is 0 Å². The Balaban J connectivity index is 3.02. The van der Waals surface area contributed by atoms with E-state index in [0.717, 1.165) is 13.0 Å². The third-order valence-electron chi connectivity index (χ3n) is 0.920. The first-order chi connectivity index (χ1) is 5.06. The molecule has 0 aromatic rings. The van der Waals surface area contributed by atoms with Crippen LogP contribution in [0.1, 0.15) is 27.2 Å².